The quantitative estimate of drug-likeness (QED) is 0.731. The van der Waals surface area contributed by atoms with Crippen LogP contribution in [0.25, 0.3) is 0 Å². The van der Waals surface area contributed by atoms with E-state index in [1.807, 2.05) is 11.3 Å². The molecule has 1 aromatic rings. The summed E-state index contributed by atoms with van der Waals surface area (Å²) in [5.41, 5.74) is 0. The van der Waals surface area contributed by atoms with E-state index in [1.165, 1.54) is 11.3 Å². The number of rotatable bonds is 4. The van der Waals surface area contributed by atoms with Crippen LogP contribution in [0.4, 0.5) is 0 Å². The van der Waals surface area contributed by atoms with Gasteiger partial charge in [0.05, 0.1) is 0 Å². The molecule has 1 atom stereocenters. The first-order valence-electron chi connectivity index (χ1n) is 4.11. The van der Waals surface area contributed by atoms with Crippen molar-refractivity contribution in [1.29, 1.82) is 0 Å². The molecule has 1 aromatic heterocycles. The fraction of sp³-hybridized carbons (Fsp3) is 0.556. The first-order chi connectivity index (χ1) is 5.34. The molecule has 1 rings (SSSR count). The van der Waals surface area contributed by atoms with Crippen LogP contribution >= 0.6 is 11.3 Å². The van der Waals surface area contributed by atoms with Crippen molar-refractivity contribution in [3.63, 3.8) is 0 Å². The van der Waals surface area contributed by atoms with Crippen LogP contribution in [0, 0.1) is 0 Å². The molecular weight excluding hydrogens is 154 g/mol. The summed E-state index contributed by atoms with van der Waals surface area (Å²) >= 11 is 1.82. The molecule has 0 aliphatic carbocycles. The van der Waals surface area contributed by atoms with Crippen LogP contribution in [0.2, 0.25) is 0 Å². The van der Waals surface area contributed by atoms with Gasteiger partial charge in [-0.1, -0.05) is 13.0 Å². The molecule has 0 spiro atoms. The summed E-state index contributed by atoms with van der Waals surface area (Å²) in [5.74, 6) is 0. The van der Waals surface area contributed by atoms with Gasteiger partial charge in [0.2, 0.25) is 0 Å². The summed E-state index contributed by atoms with van der Waals surface area (Å²) in [7, 11) is 0. The topological polar surface area (TPSA) is 12.0 Å². The van der Waals surface area contributed by atoms with E-state index in [9.17, 15) is 0 Å². The third-order valence-corrected chi connectivity index (χ3v) is 2.73. The summed E-state index contributed by atoms with van der Waals surface area (Å²) in [6.45, 7) is 5.51. The van der Waals surface area contributed by atoms with E-state index in [-0.39, 0.29) is 0 Å². The van der Waals surface area contributed by atoms with Crippen molar-refractivity contribution in [2.24, 2.45) is 0 Å². The maximum absolute atomic E-state index is 3.45. The van der Waals surface area contributed by atoms with Crippen LogP contribution in [0.15, 0.2) is 17.5 Å². The molecule has 0 aromatic carbocycles. The Morgan fingerprint density at radius 2 is 2.45 bits per heavy atom. The SMILES string of the molecule is CCCN[C@H](C)c1cccs1. The molecule has 0 radical (unpaired) electrons. The van der Waals surface area contributed by atoms with Crippen molar-refractivity contribution in [1.82, 2.24) is 5.32 Å². The normalized spacial score (nSPS) is 13.3. The van der Waals surface area contributed by atoms with Gasteiger partial charge in [-0.3, -0.25) is 0 Å². The van der Waals surface area contributed by atoms with Crippen molar-refractivity contribution in [3.05, 3.63) is 22.4 Å². The molecule has 1 nitrogen and oxygen atoms in total. The van der Waals surface area contributed by atoms with Gasteiger partial charge in [-0.25, -0.2) is 0 Å². The largest absolute Gasteiger partial charge is 0.309 e. The van der Waals surface area contributed by atoms with Gasteiger partial charge in [0.1, 0.15) is 0 Å². The van der Waals surface area contributed by atoms with Crippen LogP contribution in [-0.4, -0.2) is 6.54 Å². The first-order valence-corrected chi connectivity index (χ1v) is 4.99. The summed E-state index contributed by atoms with van der Waals surface area (Å²) in [6, 6.07) is 4.80. The van der Waals surface area contributed by atoms with Gasteiger partial charge in [0, 0.05) is 10.9 Å². The first kappa shape index (κ1) is 8.75. The van der Waals surface area contributed by atoms with Crippen molar-refractivity contribution in [2.45, 2.75) is 26.3 Å². The standard InChI is InChI=1S/C9H15NS/c1-3-6-10-8(2)9-5-4-7-11-9/h4-5,7-8,10H,3,6H2,1-2H3/t8-/m1/s1. The number of hydrogen-bond acceptors (Lipinski definition) is 2. The minimum atomic E-state index is 0.523. The molecule has 0 bridgehead atoms. The lowest BCUT2D eigenvalue weighted by atomic mass is 10.3. The Labute approximate surface area is 72.4 Å². The van der Waals surface area contributed by atoms with Gasteiger partial charge in [0.15, 0.2) is 0 Å². The highest BCUT2D eigenvalue weighted by Crippen LogP contribution is 2.17. The monoisotopic (exact) mass is 169 g/mol. The van der Waals surface area contributed by atoms with Crippen molar-refractivity contribution in [2.75, 3.05) is 6.54 Å². The molecule has 0 aliphatic heterocycles. The predicted octanol–water partition coefficient (Wildman–Crippen LogP) is 2.81. The zero-order chi connectivity index (χ0) is 8.10. The van der Waals surface area contributed by atoms with E-state index >= 15 is 0 Å². The second-order valence-corrected chi connectivity index (χ2v) is 3.67. The third kappa shape index (κ3) is 2.64. The summed E-state index contributed by atoms with van der Waals surface area (Å²) in [4.78, 5) is 1.43. The predicted molar refractivity (Wildman–Crippen MR) is 51.0 cm³/mol. The number of hydrogen-bond donors (Lipinski definition) is 1. The molecular formula is C9H15NS. The Morgan fingerprint density at radius 1 is 1.64 bits per heavy atom. The van der Waals surface area contributed by atoms with Crippen molar-refractivity contribution in [3.8, 4) is 0 Å². The molecule has 0 amide bonds. The van der Waals surface area contributed by atoms with Gasteiger partial charge in [-0.05, 0) is 31.3 Å². The molecule has 0 aliphatic rings. The molecule has 0 unspecified atom stereocenters. The van der Waals surface area contributed by atoms with Gasteiger partial charge < -0.3 is 5.32 Å². The zero-order valence-corrected chi connectivity index (χ0v) is 7.95. The second-order valence-electron chi connectivity index (χ2n) is 2.69. The van der Waals surface area contributed by atoms with Gasteiger partial charge in [-0.2, -0.15) is 0 Å². The highest BCUT2D eigenvalue weighted by Gasteiger charge is 2.02. The highest BCUT2D eigenvalue weighted by atomic mass is 32.1. The maximum atomic E-state index is 3.45. The van der Waals surface area contributed by atoms with Crippen molar-refractivity contribution >= 4 is 11.3 Å². The van der Waals surface area contributed by atoms with Crippen LogP contribution in [0.1, 0.15) is 31.2 Å². The van der Waals surface area contributed by atoms with Gasteiger partial charge in [0.25, 0.3) is 0 Å². The average molecular weight is 169 g/mol. The molecule has 0 saturated heterocycles. The van der Waals surface area contributed by atoms with E-state index in [4.69, 9.17) is 0 Å². The summed E-state index contributed by atoms with van der Waals surface area (Å²) < 4.78 is 0. The van der Waals surface area contributed by atoms with Gasteiger partial charge >= 0.3 is 0 Å². The Hall–Kier alpha value is -0.340. The fourth-order valence-electron chi connectivity index (χ4n) is 0.999. The molecule has 1 heterocycles. The van der Waals surface area contributed by atoms with E-state index in [0.717, 1.165) is 6.54 Å². The van der Waals surface area contributed by atoms with Crippen LogP contribution < -0.4 is 5.32 Å². The Kier molecular flexibility index (Phi) is 3.60. The minimum Gasteiger partial charge on any atom is -0.309 e. The molecule has 11 heavy (non-hydrogen) atoms. The number of thiophene rings is 1. The van der Waals surface area contributed by atoms with Crippen LogP contribution in [0.5, 0.6) is 0 Å². The Morgan fingerprint density at radius 3 is 3.00 bits per heavy atom. The molecule has 0 saturated carbocycles. The van der Waals surface area contributed by atoms with E-state index in [0.29, 0.717) is 6.04 Å². The summed E-state index contributed by atoms with van der Waals surface area (Å²) in [6.07, 6.45) is 1.20. The van der Waals surface area contributed by atoms with E-state index in [1.54, 1.807) is 0 Å². The van der Waals surface area contributed by atoms with Crippen molar-refractivity contribution < 1.29 is 0 Å². The van der Waals surface area contributed by atoms with Crippen LogP contribution in [0.3, 0.4) is 0 Å². The molecule has 62 valence electrons. The smallest absolute Gasteiger partial charge is 0.0386 e. The Bertz CT molecular complexity index is 181. The average Bonchev–Trinajstić information content (AvgIpc) is 2.52. The van der Waals surface area contributed by atoms with E-state index < -0.39 is 0 Å². The molecule has 1 N–H and O–H groups in total. The Balaban J connectivity index is 2.36. The summed E-state index contributed by atoms with van der Waals surface area (Å²) in [5, 5.41) is 5.57. The maximum Gasteiger partial charge on any atom is 0.0386 e. The van der Waals surface area contributed by atoms with Gasteiger partial charge in [-0.15, -0.1) is 11.3 Å². The fourth-order valence-corrected chi connectivity index (χ4v) is 1.76. The lowest BCUT2D eigenvalue weighted by molar-refractivity contribution is 0.578. The van der Waals surface area contributed by atoms with Crippen LogP contribution in [-0.2, 0) is 0 Å². The lowest BCUT2D eigenvalue weighted by Crippen LogP contribution is -2.18. The zero-order valence-electron chi connectivity index (χ0n) is 7.13. The third-order valence-electron chi connectivity index (χ3n) is 1.67. The minimum absolute atomic E-state index is 0.523. The molecule has 0 fully saturated rings. The molecule has 2 heteroatoms. The lowest BCUT2D eigenvalue weighted by Gasteiger charge is -2.09. The number of nitrogens with one attached hydrogen (secondary N) is 1. The van der Waals surface area contributed by atoms with E-state index in [2.05, 4.69) is 36.7 Å². The second kappa shape index (κ2) is 4.52. The highest BCUT2D eigenvalue weighted by molar-refractivity contribution is 7.10.